The number of halogens is 1. The molecule has 0 saturated heterocycles. The Morgan fingerprint density at radius 2 is 1.94 bits per heavy atom. The standard InChI is InChI=1S/C13H12ClNO2S/c1-13(2,12(16)17)10-7-18-11(15-10)8-3-5-9(14)6-4-8/h3-7H,1-2H3,(H,16,17). The number of carbonyl (C=O) groups is 1. The molecule has 0 bridgehead atoms. The van der Waals surface area contributed by atoms with E-state index in [1.807, 2.05) is 12.1 Å². The van der Waals surface area contributed by atoms with Crippen LogP contribution in [0.3, 0.4) is 0 Å². The van der Waals surface area contributed by atoms with Gasteiger partial charge in [-0.15, -0.1) is 11.3 Å². The Morgan fingerprint density at radius 1 is 1.33 bits per heavy atom. The fourth-order valence-electron chi connectivity index (χ4n) is 1.40. The minimum Gasteiger partial charge on any atom is -0.481 e. The Morgan fingerprint density at radius 3 is 2.50 bits per heavy atom. The van der Waals surface area contributed by atoms with E-state index in [0.717, 1.165) is 10.6 Å². The van der Waals surface area contributed by atoms with Gasteiger partial charge in [0.1, 0.15) is 10.4 Å². The molecule has 5 heteroatoms. The van der Waals surface area contributed by atoms with Crippen LogP contribution in [-0.2, 0) is 10.2 Å². The molecule has 0 fully saturated rings. The number of benzene rings is 1. The smallest absolute Gasteiger partial charge is 0.315 e. The predicted octanol–water partition coefficient (Wildman–Crippen LogP) is 3.83. The molecule has 0 amide bonds. The van der Waals surface area contributed by atoms with Crippen LogP contribution in [0, 0.1) is 0 Å². The van der Waals surface area contributed by atoms with Gasteiger partial charge >= 0.3 is 5.97 Å². The molecule has 0 aliphatic heterocycles. The van der Waals surface area contributed by atoms with Gasteiger partial charge in [-0.2, -0.15) is 0 Å². The van der Waals surface area contributed by atoms with E-state index in [1.165, 1.54) is 11.3 Å². The Balaban J connectivity index is 2.37. The molecular weight excluding hydrogens is 270 g/mol. The van der Waals surface area contributed by atoms with Gasteiger partial charge in [0.2, 0.25) is 0 Å². The van der Waals surface area contributed by atoms with Gasteiger partial charge < -0.3 is 5.11 Å². The summed E-state index contributed by atoms with van der Waals surface area (Å²) in [6.07, 6.45) is 0. The molecule has 0 aliphatic rings. The Labute approximate surface area is 114 Å². The minimum atomic E-state index is -0.971. The molecule has 1 aromatic carbocycles. The van der Waals surface area contributed by atoms with Gasteiger partial charge in [0.25, 0.3) is 0 Å². The van der Waals surface area contributed by atoms with Crippen LogP contribution in [0.4, 0.5) is 0 Å². The SMILES string of the molecule is CC(C)(C(=O)O)c1csc(-c2ccc(Cl)cc2)n1. The first-order chi connectivity index (χ1) is 8.41. The molecule has 1 N–H and O–H groups in total. The van der Waals surface area contributed by atoms with Gasteiger partial charge in [0.15, 0.2) is 0 Å². The maximum Gasteiger partial charge on any atom is 0.315 e. The first-order valence-electron chi connectivity index (χ1n) is 5.36. The molecule has 0 aliphatic carbocycles. The summed E-state index contributed by atoms with van der Waals surface area (Å²) in [5, 5.41) is 12.4. The fraction of sp³-hybridized carbons (Fsp3) is 0.231. The number of aliphatic carboxylic acids is 1. The molecule has 0 saturated carbocycles. The lowest BCUT2D eigenvalue weighted by Crippen LogP contribution is -2.28. The highest BCUT2D eigenvalue weighted by atomic mass is 35.5. The highest BCUT2D eigenvalue weighted by molar-refractivity contribution is 7.13. The number of hydrogen-bond acceptors (Lipinski definition) is 3. The summed E-state index contributed by atoms with van der Waals surface area (Å²) < 4.78 is 0. The van der Waals surface area contributed by atoms with E-state index < -0.39 is 11.4 Å². The molecule has 18 heavy (non-hydrogen) atoms. The zero-order valence-electron chi connectivity index (χ0n) is 9.98. The van der Waals surface area contributed by atoms with Gasteiger partial charge in [-0.25, -0.2) is 4.98 Å². The van der Waals surface area contributed by atoms with Crippen LogP contribution in [0.15, 0.2) is 29.6 Å². The van der Waals surface area contributed by atoms with Crippen molar-refractivity contribution < 1.29 is 9.90 Å². The number of carboxylic acids is 1. The van der Waals surface area contributed by atoms with Gasteiger partial charge in [-0.05, 0) is 26.0 Å². The Bertz CT molecular complexity index is 575. The molecule has 0 radical (unpaired) electrons. The second-order valence-corrected chi connectivity index (χ2v) is 5.77. The second kappa shape index (κ2) is 4.71. The quantitative estimate of drug-likeness (QED) is 0.930. The normalized spacial score (nSPS) is 11.5. The molecule has 1 heterocycles. The van der Waals surface area contributed by atoms with Crippen molar-refractivity contribution in [3.8, 4) is 10.6 Å². The van der Waals surface area contributed by atoms with E-state index in [2.05, 4.69) is 4.98 Å². The van der Waals surface area contributed by atoms with Crippen molar-refractivity contribution in [3.63, 3.8) is 0 Å². The van der Waals surface area contributed by atoms with Crippen LogP contribution in [0.25, 0.3) is 10.6 Å². The third kappa shape index (κ3) is 2.40. The van der Waals surface area contributed by atoms with Crippen LogP contribution < -0.4 is 0 Å². The van der Waals surface area contributed by atoms with E-state index in [-0.39, 0.29) is 0 Å². The number of aromatic nitrogens is 1. The van der Waals surface area contributed by atoms with Crippen molar-refractivity contribution in [2.45, 2.75) is 19.3 Å². The van der Waals surface area contributed by atoms with Crippen molar-refractivity contribution >= 4 is 28.9 Å². The third-order valence-electron chi connectivity index (χ3n) is 2.77. The summed E-state index contributed by atoms with van der Waals surface area (Å²) in [6.45, 7) is 3.30. The van der Waals surface area contributed by atoms with Crippen molar-refractivity contribution in [2.75, 3.05) is 0 Å². The van der Waals surface area contributed by atoms with Gasteiger partial charge in [-0.3, -0.25) is 4.79 Å². The van der Waals surface area contributed by atoms with Gasteiger partial charge in [-0.1, -0.05) is 23.7 Å². The Kier molecular flexibility index (Phi) is 3.41. The summed E-state index contributed by atoms with van der Waals surface area (Å²) >= 11 is 7.26. The molecular formula is C13H12ClNO2S. The summed E-state index contributed by atoms with van der Waals surface area (Å²) in [5.41, 5.74) is 0.544. The molecule has 0 spiro atoms. The fourth-order valence-corrected chi connectivity index (χ4v) is 2.52. The average molecular weight is 282 g/mol. The second-order valence-electron chi connectivity index (χ2n) is 4.47. The maximum atomic E-state index is 11.2. The van der Waals surface area contributed by atoms with Crippen LogP contribution in [-0.4, -0.2) is 16.1 Å². The molecule has 2 aromatic rings. The molecule has 0 atom stereocenters. The lowest BCUT2D eigenvalue weighted by molar-refractivity contribution is -0.142. The molecule has 1 aromatic heterocycles. The third-order valence-corrected chi connectivity index (χ3v) is 3.91. The monoisotopic (exact) mass is 281 g/mol. The van der Waals surface area contributed by atoms with Crippen molar-refractivity contribution in [1.82, 2.24) is 4.98 Å². The van der Waals surface area contributed by atoms with E-state index in [0.29, 0.717) is 10.7 Å². The zero-order valence-corrected chi connectivity index (χ0v) is 11.5. The van der Waals surface area contributed by atoms with Crippen LogP contribution in [0.2, 0.25) is 5.02 Å². The number of carboxylic acid groups (broad SMARTS) is 1. The van der Waals surface area contributed by atoms with Crippen LogP contribution >= 0.6 is 22.9 Å². The van der Waals surface area contributed by atoms with E-state index in [1.54, 1.807) is 31.4 Å². The highest BCUT2D eigenvalue weighted by Crippen LogP contribution is 2.30. The minimum absolute atomic E-state index is 0.574. The first-order valence-corrected chi connectivity index (χ1v) is 6.62. The Hall–Kier alpha value is -1.39. The van der Waals surface area contributed by atoms with E-state index in [9.17, 15) is 4.79 Å². The number of hydrogen-bond donors (Lipinski definition) is 1. The summed E-state index contributed by atoms with van der Waals surface area (Å²) in [7, 11) is 0. The topological polar surface area (TPSA) is 50.2 Å². The van der Waals surface area contributed by atoms with Gasteiger partial charge in [0, 0.05) is 16.0 Å². The van der Waals surface area contributed by atoms with Crippen molar-refractivity contribution in [3.05, 3.63) is 40.4 Å². The predicted molar refractivity (Wildman–Crippen MR) is 73.2 cm³/mol. The molecule has 2 rings (SSSR count). The van der Waals surface area contributed by atoms with E-state index >= 15 is 0 Å². The number of thiazole rings is 1. The molecule has 94 valence electrons. The van der Waals surface area contributed by atoms with Crippen molar-refractivity contribution in [1.29, 1.82) is 0 Å². The van der Waals surface area contributed by atoms with Crippen LogP contribution in [0.5, 0.6) is 0 Å². The zero-order chi connectivity index (χ0) is 13.3. The highest BCUT2D eigenvalue weighted by Gasteiger charge is 2.32. The lowest BCUT2D eigenvalue weighted by atomic mass is 9.90. The van der Waals surface area contributed by atoms with Crippen molar-refractivity contribution in [2.24, 2.45) is 0 Å². The maximum absolute atomic E-state index is 11.2. The van der Waals surface area contributed by atoms with Gasteiger partial charge in [0.05, 0.1) is 5.69 Å². The molecule has 0 unspecified atom stereocenters. The number of nitrogens with zero attached hydrogens (tertiary/aromatic N) is 1. The summed E-state index contributed by atoms with van der Waals surface area (Å²) in [5.74, 6) is -0.879. The molecule has 3 nitrogen and oxygen atoms in total. The lowest BCUT2D eigenvalue weighted by Gasteiger charge is -2.15. The van der Waals surface area contributed by atoms with E-state index in [4.69, 9.17) is 16.7 Å². The summed E-state index contributed by atoms with van der Waals surface area (Å²) in [6, 6.07) is 7.33. The first kappa shape index (κ1) is 13.1. The summed E-state index contributed by atoms with van der Waals surface area (Å²) in [4.78, 5) is 15.6. The average Bonchev–Trinajstić information content (AvgIpc) is 2.79. The van der Waals surface area contributed by atoms with Crippen LogP contribution in [0.1, 0.15) is 19.5 Å². The largest absolute Gasteiger partial charge is 0.481 e. The number of rotatable bonds is 3.